The predicted octanol–water partition coefficient (Wildman–Crippen LogP) is 3.69. The van der Waals surface area contributed by atoms with E-state index in [4.69, 9.17) is 0 Å². The molecule has 0 aliphatic carbocycles. The standard InChI is InChI=1S/C22H26N2O4S/c1-16-8-9-17(2)20(14-16)21(25)10-11-22(26)23-18-6-5-7-19(15-18)29(27,28)24-12-3-4-13-24/h5-9,14-15H,3-4,10-13H2,1-2H3,(H,23,26). The summed E-state index contributed by atoms with van der Waals surface area (Å²) >= 11 is 0. The Balaban J connectivity index is 1.62. The van der Waals surface area contributed by atoms with Gasteiger partial charge < -0.3 is 5.32 Å². The SMILES string of the molecule is Cc1ccc(C)c(C(=O)CCC(=O)Nc2cccc(S(=O)(=O)N3CCCC3)c2)c1. The largest absolute Gasteiger partial charge is 0.326 e. The van der Waals surface area contributed by atoms with Gasteiger partial charge in [-0.2, -0.15) is 4.31 Å². The van der Waals surface area contributed by atoms with Crippen molar-refractivity contribution in [3.8, 4) is 0 Å². The Hall–Kier alpha value is -2.51. The summed E-state index contributed by atoms with van der Waals surface area (Å²) in [7, 11) is -3.54. The Morgan fingerprint density at radius 2 is 1.72 bits per heavy atom. The van der Waals surface area contributed by atoms with Crippen molar-refractivity contribution >= 4 is 27.4 Å². The molecular weight excluding hydrogens is 388 g/mol. The van der Waals surface area contributed by atoms with Crippen LogP contribution in [0.2, 0.25) is 0 Å². The number of Topliss-reactive ketones (excluding diaryl/α,β-unsaturated/α-hetero) is 1. The maximum absolute atomic E-state index is 12.7. The molecule has 0 radical (unpaired) electrons. The van der Waals surface area contributed by atoms with Crippen LogP contribution in [0.15, 0.2) is 47.4 Å². The highest BCUT2D eigenvalue weighted by molar-refractivity contribution is 7.89. The maximum Gasteiger partial charge on any atom is 0.243 e. The number of hydrogen-bond acceptors (Lipinski definition) is 4. The normalized spacial score (nSPS) is 14.7. The lowest BCUT2D eigenvalue weighted by Gasteiger charge is -2.16. The molecule has 6 nitrogen and oxygen atoms in total. The Kier molecular flexibility index (Phi) is 6.49. The van der Waals surface area contributed by atoms with E-state index in [1.165, 1.54) is 16.4 Å². The first kappa shape index (κ1) is 21.2. The molecule has 1 heterocycles. The number of sulfonamides is 1. The van der Waals surface area contributed by atoms with Gasteiger partial charge in [-0.15, -0.1) is 0 Å². The molecule has 3 rings (SSSR count). The monoisotopic (exact) mass is 414 g/mol. The van der Waals surface area contributed by atoms with Gasteiger partial charge in [-0.25, -0.2) is 8.42 Å². The second-order valence-corrected chi connectivity index (χ2v) is 9.37. The number of anilines is 1. The highest BCUT2D eigenvalue weighted by Gasteiger charge is 2.27. The molecule has 7 heteroatoms. The van der Waals surface area contributed by atoms with Crippen molar-refractivity contribution in [3.63, 3.8) is 0 Å². The molecular formula is C22H26N2O4S. The Bertz CT molecular complexity index is 1020. The summed E-state index contributed by atoms with van der Waals surface area (Å²) in [5.41, 5.74) is 2.94. The lowest BCUT2D eigenvalue weighted by atomic mass is 9.99. The van der Waals surface area contributed by atoms with Crippen LogP contribution in [0.4, 0.5) is 5.69 Å². The van der Waals surface area contributed by atoms with Crippen LogP contribution in [-0.4, -0.2) is 37.5 Å². The molecule has 1 saturated heterocycles. The molecule has 2 aromatic rings. The van der Waals surface area contributed by atoms with Crippen molar-refractivity contribution in [2.24, 2.45) is 0 Å². The summed E-state index contributed by atoms with van der Waals surface area (Å²) in [6.45, 7) is 4.85. The van der Waals surface area contributed by atoms with E-state index in [-0.39, 0.29) is 29.4 Å². The quantitative estimate of drug-likeness (QED) is 0.701. The number of amides is 1. The Morgan fingerprint density at radius 1 is 1.00 bits per heavy atom. The van der Waals surface area contributed by atoms with Crippen molar-refractivity contribution in [2.45, 2.75) is 44.4 Å². The third-order valence-electron chi connectivity index (χ3n) is 5.09. The molecule has 1 fully saturated rings. The number of ketones is 1. The smallest absolute Gasteiger partial charge is 0.243 e. The second-order valence-electron chi connectivity index (χ2n) is 7.43. The van der Waals surface area contributed by atoms with Gasteiger partial charge in [0, 0.05) is 37.2 Å². The third kappa shape index (κ3) is 5.10. The minimum absolute atomic E-state index is 0.0370. The number of aryl methyl sites for hydroxylation is 2. The fourth-order valence-corrected chi connectivity index (χ4v) is 5.00. The van der Waals surface area contributed by atoms with Crippen LogP contribution >= 0.6 is 0 Å². The molecule has 1 amide bonds. The topological polar surface area (TPSA) is 83.5 Å². The Labute approximate surface area is 172 Å². The van der Waals surface area contributed by atoms with Gasteiger partial charge in [0.1, 0.15) is 0 Å². The van der Waals surface area contributed by atoms with Crippen molar-refractivity contribution in [2.75, 3.05) is 18.4 Å². The zero-order valence-electron chi connectivity index (χ0n) is 16.8. The van der Waals surface area contributed by atoms with Gasteiger partial charge in [-0.3, -0.25) is 9.59 Å². The molecule has 0 unspecified atom stereocenters. The van der Waals surface area contributed by atoms with Crippen molar-refractivity contribution in [1.82, 2.24) is 4.31 Å². The lowest BCUT2D eigenvalue weighted by molar-refractivity contribution is -0.116. The lowest BCUT2D eigenvalue weighted by Crippen LogP contribution is -2.27. The molecule has 0 bridgehead atoms. The highest BCUT2D eigenvalue weighted by Crippen LogP contribution is 2.23. The van der Waals surface area contributed by atoms with Crippen LogP contribution in [0, 0.1) is 13.8 Å². The van der Waals surface area contributed by atoms with E-state index in [2.05, 4.69) is 5.32 Å². The predicted molar refractivity (Wildman–Crippen MR) is 113 cm³/mol. The number of hydrogen-bond donors (Lipinski definition) is 1. The minimum atomic E-state index is -3.54. The first-order valence-electron chi connectivity index (χ1n) is 9.78. The van der Waals surface area contributed by atoms with Gasteiger partial charge in [0.2, 0.25) is 15.9 Å². The maximum atomic E-state index is 12.7. The van der Waals surface area contributed by atoms with Crippen LogP contribution in [0.1, 0.15) is 47.2 Å². The van der Waals surface area contributed by atoms with Crippen molar-refractivity contribution in [3.05, 3.63) is 59.2 Å². The molecule has 0 aromatic heterocycles. The van der Waals surface area contributed by atoms with Crippen molar-refractivity contribution < 1.29 is 18.0 Å². The van der Waals surface area contributed by atoms with Crippen LogP contribution in [0.3, 0.4) is 0 Å². The fourth-order valence-electron chi connectivity index (χ4n) is 3.43. The van der Waals surface area contributed by atoms with Crippen LogP contribution < -0.4 is 5.32 Å². The summed E-state index contributed by atoms with van der Waals surface area (Å²) in [4.78, 5) is 24.9. The zero-order chi connectivity index (χ0) is 21.0. The summed E-state index contributed by atoms with van der Waals surface area (Å²) < 4.78 is 26.8. The summed E-state index contributed by atoms with van der Waals surface area (Å²) in [5.74, 6) is -0.397. The van der Waals surface area contributed by atoms with Crippen LogP contribution in [-0.2, 0) is 14.8 Å². The van der Waals surface area contributed by atoms with E-state index in [0.717, 1.165) is 24.0 Å². The number of carbonyl (C=O) groups is 2. The number of carbonyl (C=O) groups excluding carboxylic acids is 2. The van der Waals surface area contributed by atoms with Gasteiger partial charge in [-0.1, -0.05) is 23.8 Å². The molecule has 0 spiro atoms. The third-order valence-corrected chi connectivity index (χ3v) is 6.99. The minimum Gasteiger partial charge on any atom is -0.326 e. The molecule has 1 aliphatic rings. The van der Waals surface area contributed by atoms with Crippen molar-refractivity contribution in [1.29, 1.82) is 0 Å². The van der Waals surface area contributed by atoms with Crippen LogP contribution in [0.25, 0.3) is 0 Å². The van der Waals surface area contributed by atoms with E-state index >= 15 is 0 Å². The molecule has 29 heavy (non-hydrogen) atoms. The van der Waals surface area contributed by atoms with E-state index in [1.54, 1.807) is 12.1 Å². The van der Waals surface area contributed by atoms with Crippen LogP contribution in [0.5, 0.6) is 0 Å². The molecule has 1 aliphatic heterocycles. The zero-order valence-corrected chi connectivity index (χ0v) is 17.6. The van der Waals surface area contributed by atoms with Gasteiger partial charge in [0.15, 0.2) is 5.78 Å². The molecule has 2 aromatic carbocycles. The summed E-state index contributed by atoms with van der Waals surface area (Å²) in [5, 5.41) is 2.70. The van der Waals surface area contributed by atoms with E-state index in [9.17, 15) is 18.0 Å². The average Bonchev–Trinajstić information content (AvgIpc) is 3.24. The number of rotatable bonds is 7. The van der Waals surface area contributed by atoms with Gasteiger partial charge in [-0.05, 0) is 56.5 Å². The highest BCUT2D eigenvalue weighted by atomic mass is 32.2. The summed E-state index contributed by atoms with van der Waals surface area (Å²) in [6, 6.07) is 11.9. The number of nitrogens with zero attached hydrogens (tertiary/aromatic N) is 1. The van der Waals surface area contributed by atoms with Gasteiger partial charge in [0.05, 0.1) is 4.90 Å². The van der Waals surface area contributed by atoms with E-state index in [0.29, 0.717) is 24.3 Å². The average molecular weight is 415 g/mol. The fraction of sp³-hybridized carbons (Fsp3) is 0.364. The molecule has 0 saturated carbocycles. The number of nitrogens with one attached hydrogen (secondary N) is 1. The molecule has 1 N–H and O–H groups in total. The molecule has 154 valence electrons. The second kappa shape index (κ2) is 8.88. The van der Waals surface area contributed by atoms with Gasteiger partial charge in [0.25, 0.3) is 0 Å². The summed E-state index contributed by atoms with van der Waals surface area (Å²) in [6.07, 6.45) is 1.87. The molecule has 0 atom stereocenters. The first-order chi connectivity index (χ1) is 13.8. The number of benzene rings is 2. The Morgan fingerprint density at radius 3 is 2.45 bits per heavy atom. The van der Waals surface area contributed by atoms with Gasteiger partial charge >= 0.3 is 0 Å². The van der Waals surface area contributed by atoms with E-state index in [1.807, 2.05) is 32.0 Å². The van der Waals surface area contributed by atoms with E-state index < -0.39 is 10.0 Å². The first-order valence-corrected chi connectivity index (χ1v) is 11.2.